The van der Waals surface area contributed by atoms with Crippen LogP contribution < -0.4 is 5.32 Å². The number of nitrogens with zero attached hydrogens (tertiary/aromatic N) is 1. The molecule has 1 aliphatic heterocycles. The summed E-state index contributed by atoms with van der Waals surface area (Å²) in [6.07, 6.45) is 1.43. The van der Waals surface area contributed by atoms with E-state index in [4.69, 9.17) is 9.15 Å². The van der Waals surface area contributed by atoms with Crippen LogP contribution in [0, 0.1) is 6.92 Å². The summed E-state index contributed by atoms with van der Waals surface area (Å²) in [7, 11) is 0. The number of furan rings is 1. The molecule has 2 rings (SSSR count). The summed E-state index contributed by atoms with van der Waals surface area (Å²) in [5, 5.41) is 3.42. The molecular weight excluding hydrogens is 264 g/mol. The van der Waals surface area contributed by atoms with Gasteiger partial charge in [0.05, 0.1) is 25.8 Å². The minimum absolute atomic E-state index is 0.311. The van der Waals surface area contributed by atoms with E-state index in [0.29, 0.717) is 18.2 Å². The zero-order valence-corrected chi connectivity index (χ0v) is 14.1. The van der Waals surface area contributed by atoms with E-state index < -0.39 is 0 Å². The number of aryl methyl sites for hydroxylation is 1. The molecule has 1 aliphatic rings. The molecule has 0 aliphatic carbocycles. The molecule has 0 bridgehead atoms. The van der Waals surface area contributed by atoms with Crippen LogP contribution in [0.5, 0.6) is 0 Å². The Morgan fingerprint density at radius 3 is 2.86 bits per heavy atom. The molecule has 1 fully saturated rings. The van der Waals surface area contributed by atoms with E-state index in [-0.39, 0.29) is 0 Å². The largest absolute Gasteiger partial charge is 0.463 e. The Morgan fingerprint density at radius 2 is 2.19 bits per heavy atom. The highest BCUT2D eigenvalue weighted by atomic mass is 16.5. The second-order valence-corrected chi connectivity index (χ2v) is 6.49. The predicted molar refractivity (Wildman–Crippen MR) is 85.3 cm³/mol. The van der Waals surface area contributed by atoms with Crippen LogP contribution >= 0.6 is 0 Å². The van der Waals surface area contributed by atoms with Crippen LogP contribution in [0.1, 0.15) is 51.2 Å². The molecule has 1 saturated heterocycles. The third-order valence-electron chi connectivity index (χ3n) is 4.15. The maximum atomic E-state index is 6.05. The average Bonchev–Trinajstić information content (AvgIpc) is 2.77. The summed E-state index contributed by atoms with van der Waals surface area (Å²) in [4.78, 5) is 2.49. The van der Waals surface area contributed by atoms with Crippen molar-refractivity contribution in [1.82, 2.24) is 10.2 Å². The van der Waals surface area contributed by atoms with Crippen LogP contribution in [0.25, 0.3) is 0 Å². The first-order valence-corrected chi connectivity index (χ1v) is 8.16. The first kappa shape index (κ1) is 16.5. The summed E-state index contributed by atoms with van der Waals surface area (Å²) in [5.74, 6) is 2.13. The quantitative estimate of drug-likeness (QED) is 0.875. The predicted octanol–water partition coefficient (Wildman–Crippen LogP) is 3.09. The minimum atomic E-state index is 0.311. The topological polar surface area (TPSA) is 37.6 Å². The van der Waals surface area contributed by atoms with Gasteiger partial charge in [-0.05, 0) is 31.9 Å². The fourth-order valence-corrected chi connectivity index (χ4v) is 2.82. The fourth-order valence-electron chi connectivity index (χ4n) is 2.82. The fraction of sp³-hybridized carbons (Fsp3) is 0.765. The van der Waals surface area contributed by atoms with Gasteiger partial charge < -0.3 is 14.5 Å². The summed E-state index contributed by atoms with van der Waals surface area (Å²) < 4.78 is 11.8. The van der Waals surface area contributed by atoms with Crippen LogP contribution in [0.2, 0.25) is 0 Å². The van der Waals surface area contributed by atoms with Crippen molar-refractivity contribution in [2.24, 2.45) is 0 Å². The second-order valence-electron chi connectivity index (χ2n) is 6.49. The van der Waals surface area contributed by atoms with Crippen molar-refractivity contribution in [2.75, 3.05) is 13.2 Å². The van der Waals surface area contributed by atoms with E-state index >= 15 is 0 Å². The summed E-state index contributed by atoms with van der Waals surface area (Å²) in [6.45, 7) is 14.3. The molecule has 120 valence electrons. The molecular formula is C17H30N2O2. The maximum absolute atomic E-state index is 6.05. The van der Waals surface area contributed by atoms with Crippen LogP contribution in [0.3, 0.4) is 0 Å². The lowest BCUT2D eigenvalue weighted by atomic mass is 10.1. The van der Waals surface area contributed by atoms with Gasteiger partial charge in [0.1, 0.15) is 11.5 Å². The lowest BCUT2D eigenvalue weighted by Crippen LogP contribution is -2.47. The molecule has 2 atom stereocenters. The van der Waals surface area contributed by atoms with Crippen molar-refractivity contribution in [3.63, 3.8) is 0 Å². The SMILES string of the molecule is CCC1COC(C)CN1Cc1cc(C)c(CNC(C)C)o1. The number of hydrogen-bond donors (Lipinski definition) is 1. The van der Waals surface area contributed by atoms with Gasteiger partial charge in [-0.15, -0.1) is 0 Å². The van der Waals surface area contributed by atoms with E-state index in [1.54, 1.807) is 0 Å². The normalized spacial score (nSPS) is 23.9. The third-order valence-corrected chi connectivity index (χ3v) is 4.15. The van der Waals surface area contributed by atoms with Gasteiger partial charge in [-0.1, -0.05) is 20.8 Å². The average molecular weight is 294 g/mol. The van der Waals surface area contributed by atoms with E-state index in [9.17, 15) is 0 Å². The summed E-state index contributed by atoms with van der Waals surface area (Å²) >= 11 is 0. The van der Waals surface area contributed by atoms with E-state index in [0.717, 1.165) is 44.2 Å². The molecule has 4 heteroatoms. The number of morpholine rings is 1. The van der Waals surface area contributed by atoms with Crippen molar-refractivity contribution >= 4 is 0 Å². The molecule has 0 saturated carbocycles. The van der Waals surface area contributed by atoms with Gasteiger partial charge in [-0.25, -0.2) is 0 Å². The highest BCUT2D eigenvalue weighted by Gasteiger charge is 2.26. The Labute approximate surface area is 128 Å². The summed E-state index contributed by atoms with van der Waals surface area (Å²) in [5.41, 5.74) is 1.24. The Balaban J connectivity index is 1.99. The molecule has 1 aromatic heterocycles. The van der Waals surface area contributed by atoms with Crippen LogP contribution in [0.15, 0.2) is 10.5 Å². The van der Waals surface area contributed by atoms with Gasteiger partial charge in [0.2, 0.25) is 0 Å². The van der Waals surface area contributed by atoms with Crippen molar-refractivity contribution in [3.05, 3.63) is 23.2 Å². The van der Waals surface area contributed by atoms with Crippen LogP contribution in [-0.2, 0) is 17.8 Å². The molecule has 2 unspecified atom stereocenters. The van der Waals surface area contributed by atoms with E-state index in [2.05, 4.69) is 50.9 Å². The van der Waals surface area contributed by atoms with Crippen LogP contribution in [-0.4, -0.2) is 36.2 Å². The van der Waals surface area contributed by atoms with Gasteiger partial charge in [-0.2, -0.15) is 0 Å². The Morgan fingerprint density at radius 1 is 1.43 bits per heavy atom. The number of ether oxygens (including phenoxy) is 1. The number of hydrogen-bond acceptors (Lipinski definition) is 4. The van der Waals surface area contributed by atoms with Gasteiger partial charge in [0, 0.05) is 18.6 Å². The molecule has 0 radical (unpaired) electrons. The van der Waals surface area contributed by atoms with Crippen molar-refractivity contribution in [2.45, 2.75) is 72.3 Å². The van der Waals surface area contributed by atoms with Gasteiger partial charge >= 0.3 is 0 Å². The van der Waals surface area contributed by atoms with Gasteiger partial charge in [-0.3, -0.25) is 4.90 Å². The first-order valence-electron chi connectivity index (χ1n) is 8.16. The van der Waals surface area contributed by atoms with Crippen molar-refractivity contribution in [1.29, 1.82) is 0 Å². The smallest absolute Gasteiger partial charge is 0.120 e. The molecule has 21 heavy (non-hydrogen) atoms. The second kappa shape index (κ2) is 7.43. The molecule has 0 aromatic carbocycles. The van der Waals surface area contributed by atoms with Crippen molar-refractivity contribution < 1.29 is 9.15 Å². The third kappa shape index (κ3) is 4.56. The molecule has 1 N–H and O–H groups in total. The maximum Gasteiger partial charge on any atom is 0.120 e. The molecule has 2 heterocycles. The molecule has 0 amide bonds. The Bertz CT molecular complexity index is 442. The lowest BCUT2D eigenvalue weighted by Gasteiger charge is -2.37. The summed E-state index contributed by atoms with van der Waals surface area (Å²) in [6, 6.07) is 3.16. The minimum Gasteiger partial charge on any atom is -0.463 e. The zero-order chi connectivity index (χ0) is 15.4. The number of rotatable bonds is 6. The van der Waals surface area contributed by atoms with E-state index in [1.807, 2.05) is 0 Å². The van der Waals surface area contributed by atoms with Gasteiger partial charge in [0.15, 0.2) is 0 Å². The molecule has 4 nitrogen and oxygen atoms in total. The lowest BCUT2D eigenvalue weighted by molar-refractivity contribution is -0.0611. The van der Waals surface area contributed by atoms with Gasteiger partial charge in [0.25, 0.3) is 0 Å². The number of nitrogens with one attached hydrogen (secondary N) is 1. The van der Waals surface area contributed by atoms with Crippen molar-refractivity contribution in [3.8, 4) is 0 Å². The first-order chi connectivity index (χ1) is 9.99. The standard InChI is InChI=1S/C17H30N2O2/c1-6-15-11-20-14(5)9-19(15)10-16-7-13(4)17(21-16)8-18-12(2)3/h7,12,14-15,18H,6,8-11H2,1-5H3. The Hall–Kier alpha value is -0.840. The molecule has 1 aromatic rings. The monoisotopic (exact) mass is 294 g/mol. The zero-order valence-electron chi connectivity index (χ0n) is 14.1. The highest BCUT2D eigenvalue weighted by molar-refractivity contribution is 5.20. The van der Waals surface area contributed by atoms with E-state index in [1.165, 1.54) is 5.56 Å². The van der Waals surface area contributed by atoms with Crippen LogP contribution in [0.4, 0.5) is 0 Å². The Kier molecular flexibility index (Phi) is 5.85. The highest BCUT2D eigenvalue weighted by Crippen LogP contribution is 2.21. The molecule has 0 spiro atoms.